The highest BCUT2D eigenvalue weighted by Gasteiger charge is 2.24. The van der Waals surface area contributed by atoms with Crippen LogP contribution >= 0.6 is 0 Å². The SMILES string of the molecule is CN(C)C(=O)N1CCC(NC(=O)CCc2ccccc2)CC1. The second-order valence-corrected chi connectivity index (χ2v) is 5.99. The van der Waals surface area contributed by atoms with Crippen LogP contribution in [0.4, 0.5) is 4.79 Å². The van der Waals surface area contributed by atoms with Gasteiger partial charge in [-0.1, -0.05) is 30.3 Å². The zero-order valence-corrected chi connectivity index (χ0v) is 13.4. The van der Waals surface area contributed by atoms with Crippen LogP contribution in [0.25, 0.3) is 0 Å². The van der Waals surface area contributed by atoms with Crippen LogP contribution in [0.5, 0.6) is 0 Å². The van der Waals surface area contributed by atoms with Gasteiger partial charge in [-0.05, 0) is 24.8 Å². The zero-order valence-electron chi connectivity index (χ0n) is 13.4. The van der Waals surface area contributed by atoms with Crippen molar-refractivity contribution in [2.45, 2.75) is 31.7 Å². The number of likely N-dealkylation sites (tertiary alicyclic amines) is 1. The van der Waals surface area contributed by atoms with E-state index in [4.69, 9.17) is 0 Å². The van der Waals surface area contributed by atoms with Crippen LogP contribution in [0, 0.1) is 0 Å². The molecule has 0 unspecified atom stereocenters. The molecule has 3 amide bonds. The minimum Gasteiger partial charge on any atom is -0.353 e. The van der Waals surface area contributed by atoms with E-state index in [1.54, 1.807) is 19.0 Å². The lowest BCUT2D eigenvalue weighted by molar-refractivity contribution is -0.122. The van der Waals surface area contributed by atoms with Gasteiger partial charge < -0.3 is 15.1 Å². The van der Waals surface area contributed by atoms with Crippen LogP contribution < -0.4 is 5.32 Å². The quantitative estimate of drug-likeness (QED) is 0.923. The summed E-state index contributed by atoms with van der Waals surface area (Å²) in [5.41, 5.74) is 1.18. The van der Waals surface area contributed by atoms with Crippen molar-refractivity contribution in [3.63, 3.8) is 0 Å². The zero-order chi connectivity index (χ0) is 15.9. The number of piperidine rings is 1. The van der Waals surface area contributed by atoms with Crippen LogP contribution in [0.2, 0.25) is 0 Å². The number of rotatable bonds is 4. The highest BCUT2D eigenvalue weighted by molar-refractivity contribution is 5.76. The van der Waals surface area contributed by atoms with Gasteiger partial charge in [0.2, 0.25) is 5.91 Å². The average molecular weight is 303 g/mol. The molecule has 1 aliphatic rings. The van der Waals surface area contributed by atoms with Gasteiger partial charge in [-0.25, -0.2) is 4.79 Å². The van der Waals surface area contributed by atoms with E-state index in [1.807, 2.05) is 35.2 Å². The molecule has 1 aromatic carbocycles. The summed E-state index contributed by atoms with van der Waals surface area (Å²) in [6.45, 7) is 1.42. The standard InChI is InChI=1S/C17H25N3O2/c1-19(2)17(22)20-12-10-15(11-13-20)18-16(21)9-8-14-6-4-3-5-7-14/h3-7,15H,8-13H2,1-2H3,(H,18,21). The van der Waals surface area contributed by atoms with Crippen LogP contribution in [0.3, 0.4) is 0 Å². The third-order valence-electron chi connectivity index (χ3n) is 4.00. The van der Waals surface area contributed by atoms with Crippen molar-refractivity contribution in [2.24, 2.45) is 0 Å². The Morgan fingerprint density at radius 1 is 1.18 bits per heavy atom. The van der Waals surface area contributed by atoms with Gasteiger partial charge in [0, 0.05) is 39.6 Å². The summed E-state index contributed by atoms with van der Waals surface area (Å²) in [5, 5.41) is 3.09. The molecule has 1 heterocycles. The summed E-state index contributed by atoms with van der Waals surface area (Å²) in [7, 11) is 3.53. The fraction of sp³-hybridized carbons (Fsp3) is 0.529. The molecule has 0 aromatic heterocycles. The van der Waals surface area contributed by atoms with E-state index in [0.717, 1.165) is 19.3 Å². The summed E-state index contributed by atoms with van der Waals surface area (Å²) >= 11 is 0. The molecule has 5 nitrogen and oxygen atoms in total. The highest BCUT2D eigenvalue weighted by atomic mass is 16.2. The van der Waals surface area contributed by atoms with Crippen LogP contribution in [-0.2, 0) is 11.2 Å². The van der Waals surface area contributed by atoms with Crippen molar-refractivity contribution in [3.05, 3.63) is 35.9 Å². The second-order valence-electron chi connectivity index (χ2n) is 5.99. The number of benzene rings is 1. The maximum Gasteiger partial charge on any atom is 0.319 e. The molecular formula is C17H25N3O2. The van der Waals surface area contributed by atoms with Crippen molar-refractivity contribution in [1.82, 2.24) is 15.1 Å². The minimum absolute atomic E-state index is 0.0499. The Morgan fingerprint density at radius 2 is 1.82 bits per heavy atom. The molecule has 0 radical (unpaired) electrons. The van der Waals surface area contributed by atoms with E-state index >= 15 is 0 Å². The number of carbonyl (C=O) groups is 2. The lowest BCUT2D eigenvalue weighted by Gasteiger charge is -2.33. The minimum atomic E-state index is 0.0499. The lowest BCUT2D eigenvalue weighted by Crippen LogP contribution is -2.49. The summed E-state index contributed by atoms with van der Waals surface area (Å²) in [5.74, 6) is 0.0984. The van der Waals surface area contributed by atoms with E-state index in [-0.39, 0.29) is 18.0 Å². The predicted molar refractivity (Wildman–Crippen MR) is 86.6 cm³/mol. The number of urea groups is 1. The Bertz CT molecular complexity index is 494. The Hall–Kier alpha value is -2.04. The Balaban J connectivity index is 1.69. The lowest BCUT2D eigenvalue weighted by atomic mass is 10.0. The smallest absolute Gasteiger partial charge is 0.319 e. The molecule has 1 fully saturated rings. The molecule has 2 rings (SSSR count). The van der Waals surface area contributed by atoms with Gasteiger partial charge in [-0.2, -0.15) is 0 Å². The van der Waals surface area contributed by atoms with E-state index in [9.17, 15) is 9.59 Å². The normalized spacial score (nSPS) is 15.5. The molecule has 1 saturated heterocycles. The average Bonchev–Trinajstić information content (AvgIpc) is 2.54. The summed E-state index contributed by atoms with van der Waals surface area (Å²) in [6, 6.07) is 10.3. The molecule has 0 aliphatic carbocycles. The van der Waals surface area contributed by atoms with Gasteiger partial charge in [0.1, 0.15) is 0 Å². The molecule has 1 aliphatic heterocycles. The van der Waals surface area contributed by atoms with E-state index in [2.05, 4.69) is 5.32 Å². The second kappa shape index (κ2) is 7.82. The van der Waals surface area contributed by atoms with Crippen molar-refractivity contribution < 1.29 is 9.59 Å². The van der Waals surface area contributed by atoms with Gasteiger partial charge in [0.25, 0.3) is 0 Å². The van der Waals surface area contributed by atoms with Crippen molar-refractivity contribution in [3.8, 4) is 0 Å². The summed E-state index contributed by atoms with van der Waals surface area (Å²) in [6.07, 6.45) is 2.94. The topological polar surface area (TPSA) is 52.7 Å². The van der Waals surface area contributed by atoms with Gasteiger partial charge in [0.05, 0.1) is 0 Å². The first-order chi connectivity index (χ1) is 10.6. The molecule has 1 aromatic rings. The Labute approximate surface area is 132 Å². The highest BCUT2D eigenvalue weighted by Crippen LogP contribution is 2.12. The third-order valence-corrected chi connectivity index (χ3v) is 4.00. The van der Waals surface area contributed by atoms with Crippen molar-refractivity contribution in [2.75, 3.05) is 27.2 Å². The maximum absolute atomic E-state index is 12.0. The molecule has 0 saturated carbocycles. The number of nitrogens with zero attached hydrogens (tertiary/aromatic N) is 2. The molecule has 22 heavy (non-hydrogen) atoms. The van der Waals surface area contributed by atoms with Crippen LogP contribution in [0.1, 0.15) is 24.8 Å². The van der Waals surface area contributed by atoms with Gasteiger partial charge in [-0.15, -0.1) is 0 Å². The van der Waals surface area contributed by atoms with Crippen molar-refractivity contribution in [1.29, 1.82) is 0 Å². The fourth-order valence-corrected chi connectivity index (χ4v) is 2.70. The largest absolute Gasteiger partial charge is 0.353 e. The van der Waals surface area contributed by atoms with Crippen LogP contribution in [-0.4, -0.2) is 55.0 Å². The Morgan fingerprint density at radius 3 is 2.41 bits per heavy atom. The number of nitrogens with one attached hydrogen (secondary N) is 1. The van der Waals surface area contributed by atoms with E-state index < -0.39 is 0 Å². The number of hydrogen-bond acceptors (Lipinski definition) is 2. The van der Waals surface area contributed by atoms with Gasteiger partial charge >= 0.3 is 6.03 Å². The summed E-state index contributed by atoms with van der Waals surface area (Å²) < 4.78 is 0. The first kappa shape index (κ1) is 16.3. The molecule has 0 spiro atoms. The monoisotopic (exact) mass is 303 g/mol. The first-order valence-corrected chi connectivity index (χ1v) is 7.86. The predicted octanol–water partition coefficient (Wildman–Crippen LogP) is 1.88. The number of amides is 3. The molecule has 0 bridgehead atoms. The van der Waals surface area contributed by atoms with Gasteiger partial charge in [-0.3, -0.25) is 4.79 Å². The van der Waals surface area contributed by atoms with Gasteiger partial charge in [0.15, 0.2) is 0 Å². The van der Waals surface area contributed by atoms with E-state index in [0.29, 0.717) is 19.5 Å². The fourth-order valence-electron chi connectivity index (χ4n) is 2.70. The third kappa shape index (κ3) is 4.76. The number of hydrogen-bond donors (Lipinski definition) is 1. The van der Waals surface area contributed by atoms with E-state index in [1.165, 1.54) is 5.56 Å². The number of aryl methyl sites for hydroxylation is 1. The molecule has 120 valence electrons. The summed E-state index contributed by atoms with van der Waals surface area (Å²) in [4.78, 5) is 27.3. The molecule has 5 heteroatoms. The maximum atomic E-state index is 12.0. The molecule has 0 atom stereocenters. The molecule has 1 N–H and O–H groups in total. The number of carbonyl (C=O) groups excluding carboxylic acids is 2. The first-order valence-electron chi connectivity index (χ1n) is 7.86. The van der Waals surface area contributed by atoms with Crippen molar-refractivity contribution >= 4 is 11.9 Å². The molecular weight excluding hydrogens is 278 g/mol. The Kier molecular flexibility index (Phi) is 5.81. The van der Waals surface area contributed by atoms with Crippen LogP contribution in [0.15, 0.2) is 30.3 Å².